The van der Waals surface area contributed by atoms with Gasteiger partial charge in [0.2, 0.25) is 0 Å². The lowest BCUT2D eigenvalue weighted by Crippen LogP contribution is -2.20. The minimum Gasteiger partial charge on any atom is -0.506 e. The minimum absolute atomic E-state index is 0.0701. The summed E-state index contributed by atoms with van der Waals surface area (Å²) in [5, 5.41) is 13.3. The molecule has 9 heteroatoms. The molecule has 0 saturated carbocycles. The lowest BCUT2D eigenvalue weighted by atomic mass is 10.1. The molecule has 0 saturated heterocycles. The predicted molar refractivity (Wildman–Crippen MR) is 125 cm³/mol. The number of Topliss-reactive ketones (excluding diaryl/α,β-unsaturated/α-hetero) is 1. The summed E-state index contributed by atoms with van der Waals surface area (Å²) >= 11 is 14.5. The molecule has 30 heavy (non-hydrogen) atoms. The minimum atomic E-state index is -0.184. The van der Waals surface area contributed by atoms with E-state index in [1.54, 1.807) is 56.7 Å². The molecule has 2 heterocycles. The van der Waals surface area contributed by atoms with Crippen LogP contribution in [0.3, 0.4) is 0 Å². The van der Waals surface area contributed by atoms with E-state index in [0.717, 1.165) is 16.9 Å². The van der Waals surface area contributed by atoms with Gasteiger partial charge in [-0.05, 0) is 36.8 Å². The van der Waals surface area contributed by atoms with Crippen molar-refractivity contribution in [1.29, 1.82) is 0 Å². The molecule has 0 unspecified atom stereocenters. The highest BCUT2D eigenvalue weighted by Crippen LogP contribution is 2.40. The monoisotopic (exact) mass is 480 g/mol. The summed E-state index contributed by atoms with van der Waals surface area (Å²) in [6.45, 7) is 1.67. The summed E-state index contributed by atoms with van der Waals surface area (Å²) in [7, 11) is 3.33. The zero-order valence-electron chi connectivity index (χ0n) is 16.4. The molecule has 0 aliphatic heterocycles. The van der Waals surface area contributed by atoms with Crippen LogP contribution in [0.2, 0.25) is 10.0 Å². The number of benzene rings is 1. The van der Waals surface area contributed by atoms with Crippen LogP contribution in [-0.4, -0.2) is 48.0 Å². The van der Waals surface area contributed by atoms with Crippen molar-refractivity contribution in [2.45, 2.75) is 6.92 Å². The SMILES string of the molecule is CC(=NCC(=O)c1ccc(C(=O)N(C)C)s1)c1csc(-c2ccc(Cl)c(Cl)c2)c1O. The first kappa shape index (κ1) is 22.5. The van der Waals surface area contributed by atoms with Gasteiger partial charge in [-0.3, -0.25) is 14.6 Å². The third kappa shape index (κ3) is 4.75. The predicted octanol–water partition coefficient (Wildman–Crippen LogP) is 5.88. The standard InChI is InChI=1S/C21H18Cl2N2O3S2/c1-11(24-9-16(26)17-6-7-18(30-17)21(28)25(2)3)13-10-29-20(19(13)27)12-4-5-14(22)15(23)8-12/h4-8,10,27H,9H2,1-3H3. The Labute approximate surface area is 192 Å². The fourth-order valence-corrected chi connectivity index (χ4v) is 4.89. The van der Waals surface area contributed by atoms with Gasteiger partial charge in [-0.2, -0.15) is 0 Å². The van der Waals surface area contributed by atoms with Gasteiger partial charge >= 0.3 is 0 Å². The first-order valence-electron chi connectivity index (χ1n) is 8.81. The number of hydrogen-bond acceptors (Lipinski definition) is 6. The van der Waals surface area contributed by atoms with Gasteiger partial charge in [0.25, 0.3) is 5.91 Å². The maximum Gasteiger partial charge on any atom is 0.263 e. The number of thiophene rings is 2. The van der Waals surface area contributed by atoms with Crippen LogP contribution in [0.5, 0.6) is 5.75 Å². The van der Waals surface area contributed by atoms with Gasteiger partial charge in [0.1, 0.15) is 12.3 Å². The maximum atomic E-state index is 12.5. The number of ketones is 1. The van der Waals surface area contributed by atoms with E-state index in [1.807, 2.05) is 0 Å². The molecule has 0 atom stereocenters. The van der Waals surface area contributed by atoms with Gasteiger partial charge in [-0.25, -0.2) is 0 Å². The van der Waals surface area contributed by atoms with Crippen LogP contribution in [0.15, 0.2) is 40.7 Å². The van der Waals surface area contributed by atoms with Crippen molar-refractivity contribution in [3.8, 4) is 16.2 Å². The van der Waals surface area contributed by atoms with Gasteiger partial charge in [0.05, 0.1) is 24.7 Å². The van der Waals surface area contributed by atoms with Gasteiger partial charge < -0.3 is 10.0 Å². The summed E-state index contributed by atoms with van der Waals surface area (Å²) in [5.41, 5.74) is 1.85. The second kappa shape index (κ2) is 9.31. The number of carbonyl (C=O) groups is 2. The Bertz CT molecular complexity index is 1150. The first-order chi connectivity index (χ1) is 14.2. The molecular weight excluding hydrogens is 463 g/mol. The van der Waals surface area contributed by atoms with E-state index in [0.29, 0.717) is 36.0 Å². The van der Waals surface area contributed by atoms with Crippen LogP contribution in [0.4, 0.5) is 0 Å². The molecule has 0 bridgehead atoms. The molecule has 3 aromatic rings. The van der Waals surface area contributed by atoms with Gasteiger partial charge in [0.15, 0.2) is 5.78 Å². The molecular formula is C21H18Cl2N2O3S2. The number of amides is 1. The molecule has 0 spiro atoms. The van der Waals surface area contributed by atoms with E-state index in [-0.39, 0.29) is 24.0 Å². The third-order valence-corrected chi connectivity index (χ3v) is 7.17. The van der Waals surface area contributed by atoms with Gasteiger partial charge in [0, 0.05) is 30.8 Å². The highest BCUT2D eigenvalue weighted by atomic mass is 35.5. The molecule has 5 nitrogen and oxygen atoms in total. The molecule has 1 aromatic carbocycles. The number of nitrogens with zero attached hydrogens (tertiary/aromatic N) is 2. The zero-order valence-corrected chi connectivity index (χ0v) is 19.5. The van der Waals surface area contributed by atoms with Crippen molar-refractivity contribution >= 4 is 63.3 Å². The van der Waals surface area contributed by atoms with Crippen molar-refractivity contribution in [1.82, 2.24) is 4.90 Å². The molecule has 0 fully saturated rings. The second-order valence-electron chi connectivity index (χ2n) is 6.64. The Balaban J connectivity index is 1.76. The van der Waals surface area contributed by atoms with E-state index >= 15 is 0 Å². The quantitative estimate of drug-likeness (QED) is 0.353. The highest BCUT2D eigenvalue weighted by Gasteiger charge is 2.17. The molecule has 3 rings (SSSR count). The molecule has 0 aliphatic carbocycles. The second-order valence-corrected chi connectivity index (χ2v) is 9.42. The number of aliphatic imine (C=N–C) groups is 1. The number of hydrogen-bond donors (Lipinski definition) is 1. The van der Waals surface area contributed by atoms with Crippen molar-refractivity contribution < 1.29 is 14.7 Å². The summed E-state index contributed by atoms with van der Waals surface area (Å²) in [6.07, 6.45) is 0. The summed E-state index contributed by atoms with van der Waals surface area (Å²) in [5.74, 6) is -0.240. The lowest BCUT2D eigenvalue weighted by Gasteiger charge is -2.07. The number of aromatic hydroxyl groups is 1. The molecule has 156 valence electrons. The topological polar surface area (TPSA) is 70.0 Å². The number of rotatable bonds is 6. The van der Waals surface area contributed by atoms with Crippen LogP contribution in [0.25, 0.3) is 10.4 Å². The number of halogens is 2. The van der Waals surface area contributed by atoms with Gasteiger partial charge in [-0.1, -0.05) is 29.3 Å². The first-order valence-corrected chi connectivity index (χ1v) is 11.3. The Morgan fingerprint density at radius 1 is 1.10 bits per heavy atom. The average Bonchev–Trinajstić information content (AvgIpc) is 3.34. The molecule has 0 radical (unpaired) electrons. The van der Waals surface area contributed by atoms with E-state index in [1.165, 1.54) is 16.2 Å². The van der Waals surface area contributed by atoms with Crippen LogP contribution in [0.1, 0.15) is 31.8 Å². The molecule has 0 aliphatic rings. The van der Waals surface area contributed by atoms with Crippen LogP contribution >= 0.6 is 45.9 Å². The average molecular weight is 481 g/mol. The van der Waals surface area contributed by atoms with Crippen molar-refractivity contribution in [2.24, 2.45) is 4.99 Å². The van der Waals surface area contributed by atoms with Crippen molar-refractivity contribution in [2.75, 3.05) is 20.6 Å². The smallest absolute Gasteiger partial charge is 0.263 e. The van der Waals surface area contributed by atoms with E-state index < -0.39 is 0 Å². The summed E-state index contributed by atoms with van der Waals surface area (Å²) in [4.78, 5) is 31.9. The van der Waals surface area contributed by atoms with E-state index in [9.17, 15) is 14.7 Å². The zero-order chi connectivity index (χ0) is 22.0. The summed E-state index contributed by atoms with van der Waals surface area (Å²) < 4.78 is 0. The largest absolute Gasteiger partial charge is 0.506 e. The fourth-order valence-electron chi connectivity index (χ4n) is 2.63. The number of carbonyl (C=O) groups excluding carboxylic acids is 2. The highest BCUT2D eigenvalue weighted by molar-refractivity contribution is 7.16. The van der Waals surface area contributed by atoms with Crippen LogP contribution in [0, 0.1) is 0 Å². The third-order valence-electron chi connectivity index (χ3n) is 4.29. The Morgan fingerprint density at radius 2 is 1.80 bits per heavy atom. The normalized spacial score (nSPS) is 11.6. The lowest BCUT2D eigenvalue weighted by molar-refractivity contribution is 0.0832. The maximum absolute atomic E-state index is 12.5. The van der Waals surface area contributed by atoms with E-state index in [4.69, 9.17) is 23.2 Å². The van der Waals surface area contributed by atoms with Crippen molar-refractivity contribution in [3.05, 3.63) is 61.1 Å². The van der Waals surface area contributed by atoms with Gasteiger partial charge in [-0.15, -0.1) is 22.7 Å². The summed E-state index contributed by atoms with van der Waals surface area (Å²) in [6, 6.07) is 8.43. The van der Waals surface area contributed by atoms with Crippen LogP contribution in [-0.2, 0) is 0 Å². The fraction of sp³-hybridized carbons (Fsp3) is 0.190. The molecule has 1 amide bonds. The Kier molecular flexibility index (Phi) is 6.98. The Morgan fingerprint density at radius 3 is 2.47 bits per heavy atom. The molecule has 1 N–H and O–H groups in total. The van der Waals surface area contributed by atoms with Crippen molar-refractivity contribution in [3.63, 3.8) is 0 Å². The van der Waals surface area contributed by atoms with E-state index in [2.05, 4.69) is 4.99 Å². The Hall–Kier alpha value is -2.19. The molecule has 2 aromatic heterocycles. The van der Waals surface area contributed by atoms with Crippen LogP contribution < -0.4 is 0 Å².